The van der Waals surface area contributed by atoms with Gasteiger partial charge in [0.25, 0.3) is 17.7 Å². The first-order valence-corrected chi connectivity index (χ1v) is 8.90. The quantitative estimate of drug-likeness (QED) is 0.556. The summed E-state index contributed by atoms with van der Waals surface area (Å²) in [4.78, 5) is 37.5. The van der Waals surface area contributed by atoms with Gasteiger partial charge in [0.15, 0.2) is 5.76 Å². The van der Waals surface area contributed by atoms with Crippen molar-refractivity contribution in [1.82, 2.24) is 4.90 Å². The molecule has 8 heteroatoms. The molecule has 2 heterocycles. The van der Waals surface area contributed by atoms with Crippen molar-refractivity contribution in [3.8, 4) is 0 Å². The molecule has 0 spiro atoms. The molecule has 0 saturated heterocycles. The van der Waals surface area contributed by atoms with Gasteiger partial charge in [0.1, 0.15) is 11.3 Å². The van der Waals surface area contributed by atoms with E-state index in [0.717, 1.165) is 10.3 Å². The largest absolute Gasteiger partial charge is 0.451 e. The van der Waals surface area contributed by atoms with E-state index in [4.69, 9.17) is 9.52 Å². The summed E-state index contributed by atoms with van der Waals surface area (Å²) in [6.07, 6.45) is 1.18. The molecule has 146 valence electrons. The molecule has 4 rings (SSSR count). The predicted molar refractivity (Wildman–Crippen MR) is 106 cm³/mol. The molecule has 0 radical (unpaired) electrons. The number of nitrogens with zero attached hydrogens (tertiary/aromatic N) is 1. The smallest absolute Gasteiger partial charge is 0.291 e. The van der Waals surface area contributed by atoms with E-state index in [1.807, 2.05) is 18.2 Å². The van der Waals surface area contributed by atoms with Gasteiger partial charge in [0.05, 0.1) is 13.2 Å². The van der Waals surface area contributed by atoms with Crippen molar-refractivity contribution in [3.63, 3.8) is 0 Å². The molecule has 3 N–H and O–H groups in total. The number of hydrogen-bond donors (Lipinski definition) is 3. The van der Waals surface area contributed by atoms with Crippen LogP contribution in [0.3, 0.4) is 0 Å². The molecule has 8 nitrogen and oxygen atoms in total. The van der Waals surface area contributed by atoms with Crippen LogP contribution in [0.1, 0.15) is 10.6 Å². The predicted octanol–water partition coefficient (Wildman–Crippen LogP) is 2.34. The Morgan fingerprint density at radius 1 is 1.03 bits per heavy atom. The lowest BCUT2D eigenvalue weighted by Crippen LogP contribution is -2.34. The summed E-state index contributed by atoms with van der Waals surface area (Å²) >= 11 is 0. The molecule has 0 unspecified atom stereocenters. The first kappa shape index (κ1) is 18.5. The highest BCUT2D eigenvalue weighted by atomic mass is 16.3. The van der Waals surface area contributed by atoms with Crippen molar-refractivity contribution >= 4 is 40.1 Å². The second-order valence-electron chi connectivity index (χ2n) is 6.39. The third-order valence-electron chi connectivity index (χ3n) is 4.38. The monoisotopic (exact) mass is 391 g/mol. The van der Waals surface area contributed by atoms with Gasteiger partial charge in [-0.3, -0.25) is 19.3 Å². The van der Waals surface area contributed by atoms with Crippen LogP contribution in [0.4, 0.5) is 11.4 Å². The van der Waals surface area contributed by atoms with Gasteiger partial charge in [-0.1, -0.05) is 24.3 Å². The van der Waals surface area contributed by atoms with Crippen LogP contribution in [0, 0.1) is 0 Å². The molecule has 0 saturated carbocycles. The van der Waals surface area contributed by atoms with Gasteiger partial charge in [-0.05, 0) is 30.3 Å². The molecule has 0 bridgehead atoms. The number of aliphatic hydroxyl groups excluding tert-OH is 1. The molecule has 0 fully saturated rings. The number of imide groups is 1. The third-order valence-corrected chi connectivity index (χ3v) is 4.38. The number of aliphatic hydroxyl groups is 1. The van der Waals surface area contributed by atoms with E-state index in [-0.39, 0.29) is 24.6 Å². The molecule has 3 amide bonds. The SMILES string of the molecule is O=C(Nc1cccc(NC2=CC(=O)N(CCO)C2=O)c1)c1cc2ccccc2o1. The van der Waals surface area contributed by atoms with Crippen molar-refractivity contribution in [3.05, 3.63) is 72.1 Å². The van der Waals surface area contributed by atoms with Crippen LogP contribution in [0.15, 0.2) is 70.8 Å². The van der Waals surface area contributed by atoms with Crippen LogP contribution in [-0.4, -0.2) is 40.9 Å². The fraction of sp³-hybridized carbons (Fsp3) is 0.0952. The number of rotatable bonds is 6. The standard InChI is InChI=1S/C21H17N3O5/c25-9-8-24-19(26)12-16(21(24)28)22-14-5-3-6-15(11-14)23-20(27)18-10-13-4-1-2-7-17(13)29-18/h1-7,10-12,22,25H,8-9H2,(H,23,27). The summed E-state index contributed by atoms with van der Waals surface area (Å²) in [6.45, 7) is -0.366. The van der Waals surface area contributed by atoms with E-state index in [0.29, 0.717) is 17.0 Å². The summed E-state index contributed by atoms with van der Waals surface area (Å²) < 4.78 is 5.56. The third kappa shape index (κ3) is 3.74. The van der Waals surface area contributed by atoms with Gasteiger partial charge in [-0.2, -0.15) is 0 Å². The summed E-state index contributed by atoms with van der Waals surface area (Å²) in [7, 11) is 0. The lowest BCUT2D eigenvalue weighted by molar-refractivity contribution is -0.137. The number of amides is 3. The second kappa shape index (κ2) is 7.61. The van der Waals surface area contributed by atoms with Crippen molar-refractivity contribution in [2.24, 2.45) is 0 Å². The number of anilines is 2. The van der Waals surface area contributed by atoms with Crippen LogP contribution in [0.25, 0.3) is 11.0 Å². The average molecular weight is 391 g/mol. The summed E-state index contributed by atoms with van der Waals surface area (Å²) in [5.41, 5.74) is 1.73. The zero-order valence-electron chi connectivity index (χ0n) is 15.2. The highest BCUT2D eigenvalue weighted by Gasteiger charge is 2.30. The van der Waals surface area contributed by atoms with E-state index in [9.17, 15) is 14.4 Å². The maximum atomic E-state index is 12.5. The minimum Gasteiger partial charge on any atom is -0.451 e. The minimum atomic E-state index is -0.513. The van der Waals surface area contributed by atoms with Gasteiger partial charge >= 0.3 is 0 Å². The Hall–Kier alpha value is -3.91. The molecular formula is C21H17N3O5. The zero-order valence-corrected chi connectivity index (χ0v) is 15.2. The lowest BCUT2D eigenvalue weighted by Gasteiger charge is -2.13. The fourth-order valence-electron chi connectivity index (χ4n) is 3.03. The van der Waals surface area contributed by atoms with Gasteiger partial charge in [-0.15, -0.1) is 0 Å². The lowest BCUT2D eigenvalue weighted by atomic mass is 10.2. The Bertz CT molecular complexity index is 1110. The Balaban J connectivity index is 1.47. The molecule has 3 aromatic rings. The van der Waals surface area contributed by atoms with E-state index in [2.05, 4.69) is 10.6 Å². The number of fused-ring (bicyclic) bond motifs is 1. The Kier molecular flexibility index (Phi) is 4.84. The zero-order chi connectivity index (χ0) is 20.4. The van der Waals surface area contributed by atoms with Crippen LogP contribution >= 0.6 is 0 Å². The van der Waals surface area contributed by atoms with Crippen LogP contribution in [0.2, 0.25) is 0 Å². The molecule has 2 aromatic carbocycles. The summed E-state index contributed by atoms with van der Waals surface area (Å²) in [5, 5.41) is 15.4. The maximum absolute atomic E-state index is 12.5. The molecule has 0 aliphatic carbocycles. The topological polar surface area (TPSA) is 112 Å². The number of nitrogens with one attached hydrogen (secondary N) is 2. The summed E-state index contributed by atoms with van der Waals surface area (Å²) in [6, 6.07) is 15.7. The van der Waals surface area contributed by atoms with Crippen molar-refractivity contribution in [2.75, 3.05) is 23.8 Å². The number of para-hydroxylation sites is 1. The fourth-order valence-corrected chi connectivity index (χ4v) is 3.03. The van der Waals surface area contributed by atoms with Crippen LogP contribution in [-0.2, 0) is 9.59 Å². The molecule has 29 heavy (non-hydrogen) atoms. The minimum absolute atomic E-state index is 0.0626. The van der Waals surface area contributed by atoms with E-state index in [1.165, 1.54) is 6.08 Å². The number of carbonyl (C=O) groups is 3. The number of benzene rings is 2. The summed E-state index contributed by atoms with van der Waals surface area (Å²) in [5.74, 6) is -1.22. The highest BCUT2D eigenvalue weighted by molar-refractivity contribution is 6.17. The van der Waals surface area contributed by atoms with Crippen LogP contribution < -0.4 is 10.6 Å². The average Bonchev–Trinajstić information content (AvgIpc) is 3.25. The first-order chi connectivity index (χ1) is 14.0. The van der Waals surface area contributed by atoms with Crippen molar-refractivity contribution < 1.29 is 23.9 Å². The van der Waals surface area contributed by atoms with Gasteiger partial charge in [-0.25, -0.2) is 0 Å². The Labute approximate surface area is 165 Å². The van der Waals surface area contributed by atoms with Gasteiger partial charge in [0, 0.05) is 22.8 Å². The molecular weight excluding hydrogens is 374 g/mol. The normalized spacial score (nSPS) is 13.7. The molecule has 0 atom stereocenters. The molecule has 1 aliphatic heterocycles. The van der Waals surface area contributed by atoms with E-state index in [1.54, 1.807) is 36.4 Å². The highest BCUT2D eigenvalue weighted by Crippen LogP contribution is 2.22. The van der Waals surface area contributed by atoms with E-state index < -0.39 is 17.7 Å². The number of hydrogen-bond acceptors (Lipinski definition) is 6. The maximum Gasteiger partial charge on any atom is 0.291 e. The van der Waals surface area contributed by atoms with Crippen LogP contribution in [0.5, 0.6) is 0 Å². The molecule has 1 aliphatic rings. The Morgan fingerprint density at radius 2 is 1.83 bits per heavy atom. The van der Waals surface area contributed by atoms with Gasteiger partial charge in [0.2, 0.25) is 0 Å². The van der Waals surface area contributed by atoms with Crippen molar-refractivity contribution in [1.29, 1.82) is 0 Å². The number of carbonyl (C=O) groups excluding carboxylic acids is 3. The number of β-amino-alcohol motifs (C(OH)–C–C–N with tert-alkyl or cyclic N) is 1. The van der Waals surface area contributed by atoms with E-state index >= 15 is 0 Å². The number of furan rings is 1. The second-order valence-corrected chi connectivity index (χ2v) is 6.39. The first-order valence-electron chi connectivity index (χ1n) is 8.90. The molecule has 1 aromatic heterocycles. The Morgan fingerprint density at radius 3 is 2.62 bits per heavy atom. The van der Waals surface area contributed by atoms with Crippen molar-refractivity contribution in [2.45, 2.75) is 0 Å². The van der Waals surface area contributed by atoms with Gasteiger partial charge < -0.3 is 20.2 Å².